The molecule has 0 unspecified atom stereocenters. The van der Waals surface area contributed by atoms with Crippen molar-refractivity contribution in [3.05, 3.63) is 23.8 Å². The van der Waals surface area contributed by atoms with Gasteiger partial charge in [-0.3, -0.25) is 0 Å². The summed E-state index contributed by atoms with van der Waals surface area (Å²) in [7, 11) is 0. The minimum Gasteiger partial charge on any atom is -0.393 e. The number of aliphatic hydroxyl groups excluding tert-OH is 1. The van der Waals surface area contributed by atoms with E-state index in [0.717, 1.165) is 18.8 Å². The predicted molar refractivity (Wildman–Crippen MR) is 105 cm³/mol. The van der Waals surface area contributed by atoms with Crippen LogP contribution in [0.4, 0.5) is 0 Å². The van der Waals surface area contributed by atoms with Gasteiger partial charge in [-0.25, -0.2) is 0 Å². The first-order valence-electron chi connectivity index (χ1n) is 10.2. The summed E-state index contributed by atoms with van der Waals surface area (Å²) >= 11 is 0. The molecule has 0 heterocycles. The maximum atomic E-state index is 9.41. The molecule has 138 valence electrons. The molecular weight excluding hydrogens is 292 g/mol. The van der Waals surface area contributed by atoms with Gasteiger partial charge in [-0.15, -0.1) is 0 Å². The minimum absolute atomic E-state index is 0.184. The molecule has 2 aliphatic carbocycles. The van der Waals surface area contributed by atoms with Gasteiger partial charge in [-0.05, 0) is 87.9 Å². The highest BCUT2D eigenvalue weighted by atomic mass is 16.3. The van der Waals surface area contributed by atoms with Crippen LogP contribution in [0.1, 0.15) is 92.4 Å². The van der Waals surface area contributed by atoms with Crippen molar-refractivity contribution in [1.29, 1.82) is 0 Å². The molecule has 1 heteroatoms. The highest BCUT2D eigenvalue weighted by molar-refractivity contribution is 5.16. The largest absolute Gasteiger partial charge is 0.393 e. The Kier molecular flexibility index (Phi) is 6.40. The summed E-state index contributed by atoms with van der Waals surface area (Å²) < 4.78 is 0. The molecule has 24 heavy (non-hydrogen) atoms. The number of hydrogen-bond donors (Lipinski definition) is 1. The van der Waals surface area contributed by atoms with Gasteiger partial charge in [0.1, 0.15) is 0 Å². The average Bonchev–Trinajstić information content (AvgIpc) is 2.45. The Balaban J connectivity index is 2.03. The third kappa shape index (κ3) is 4.34. The lowest BCUT2D eigenvalue weighted by molar-refractivity contribution is -0.0539. The van der Waals surface area contributed by atoms with E-state index in [0.29, 0.717) is 16.7 Å². The third-order valence-electron chi connectivity index (χ3n) is 7.22. The van der Waals surface area contributed by atoms with Crippen molar-refractivity contribution in [3.8, 4) is 0 Å². The molecule has 0 spiro atoms. The van der Waals surface area contributed by atoms with Crippen LogP contribution in [0.25, 0.3) is 0 Å². The zero-order chi connectivity index (χ0) is 18.0. The van der Waals surface area contributed by atoms with Crippen LogP contribution in [0, 0.1) is 22.7 Å². The zero-order valence-electron chi connectivity index (χ0n) is 16.8. The normalized spacial score (nSPS) is 34.8. The maximum Gasteiger partial charge on any atom is 0.0515 e. The molecule has 0 aromatic rings. The lowest BCUT2D eigenvalue weighted by atomic mass is 9.47. The van der Waals surface area contributed by atoms with E-state index in [1.165, 1.54) is 56.1 Å². The van der Waals surface area contributed by atoms with Gasteiger partial charge in [-0.1, -0.05) is 51.0 Å². The topological polar surface area (TPSA) is 20.2 Å². The molecule has 0 bridgehead atoms. The van der Waals surface area contributed by atoms with Gasteiger partial charge >= 0.3 is 0 Å². The Morgan fingerprint density at radius 2 is 2.04 bits per heavy atom. The molecule has 2 aliphatic rings. The molecule has 2 saturated carbocycles. The summed E-state index contributed by atoms with van der Waals surface area (Å²) in [6.45, 7) is 16.2. The van der Waals surface area contributed by atoms with Crippen LogP contribution < -0.4 is 0 Å². The third-order valence-corrected chi connectivity index (χ3v) is 7.22. The van der Waals surface area contributed by atoms with Gasteiger partial charge in [-0.2, -0.15) is 0 Å². The smallest absolute Gasteiger partial charge is 0.0515 e. The molecule has 1 nitrogen and oxygen atoms in total. The number of fused-ring (bicyclic) bond motifs is 1. The minimum atomic E-state index is -0.184. The summed E-state index contributed by atoms with van der Waals surface area (Å²) in [5.41, 5.74) is 3.96. The maximum absolute atomic E-state index is 9.41. The second-order valence-corrected chi connectivity index (χ2v) is 9.67. The van der Waals surface area contributed by atoms with Crippen molar-refractivity contribution >= 4 is 0 Å². The highest BCUT2D eigenvalue weighted by Gasteiger charge is 2.52. The lowest BCUT2D eigenvalue weighted by Gasteiger charge is -2.58. The van der Waals surface area contributed by atoms with Gasteiger partial charge in [0.05, 0.1) is 6.10 Å². The molecule has 0 aliphatic heterocycles. The first-order chi connectivity index (χ1) is 11.2. The van der Waals surface area contributed by atoms with Crippen LogP contribution in [0.5, 0.6) is 0 Å². The first-order valence-corrected chi connectivity index (χ1v) is 10.2. The van der Waals surface area contributed by atoms with Crippen molar-refractivity contribution in [2.45, 2.75) is 98.5 Å². The van der Waals surface area contributed by atoms with Crippen LogP contribution in [0.2, 0.25) is 0 Å². The number of allylic oxidation sites excluding steroid dienone is 3. The van der Waals surface area contributed by atoms with Crippen molar-refractivity contribution in [3.63, 3.8) is 0 Å². The molecule has 4 atom stereocenters. The standard InChI is InChI=1S/C23H40O/c1-17(9-7-10-19(3)24)11-13-20-18(2)12-14-21-22(4,5)15-8-16-23(20,21)6/h9,19-21,24H,2,7-8,10-16H2,1,3-6H3/b17-9+/t19-,20-,21-,23+/m1/s1. The van der Waals surface area contributed by atoms with Crippen LogP contribution in [0.15, 0.2) is 23.8 Å². The Morgan fingerprint density at radius 3 is 2.71 bits per heavy atom. The molecule has 0 amide bonds. The number of aliphatic hydroxyl groups is 1. The van der Waals surface area contributed by atoms with Crippen molar-refractivity contribution in [2.24, 2.45) is 22.7 Å². The van der Waals surface area contributed by atoms with E-state index in [-0.39, 0.29) is 6.10 Å². The fourth-order valence-corrected chi connectivity index (χ4v) is 5.85. The molecule has 0 aromatic carbocycles. The highest BCUT2D eigenvalue weighted by Crippen LogP contribution is 2.61. The second-order valence-electron chi connectivity index (χ2n) is 9.67. The second kappa shape index (κ2) is 7.77. The Morgan fingerprint density at radius 1 is 1.33 bits per heavy atom. The quantitative estimate of drug-likeness (QED) is 0.538. The fraction of sp³-hybridized carbons (Fsp3) is 0.826. The molecule has 1 N–H and O–H groups in total. The molecular formula is C23H40O. The average molecular weight is 333 g/mol. The molecule has 0 aromatic heterocycles. The summed E-state index contributed by atoms with van der Waals surface area (Å²) in [6, 6.07) is 0. The Bertz CT molecular complexity index is 470. The summed E-state index contributed by atoms with van der Waals surface area (Å²) in [4.78, 5) is 0. The van der Waals surface area contributed by atoms with Crippen LogP contribution in [0.3, 0.4) is 0 Å². The Labute approximate surface area is 150 Å². The van der Waals surface area contributed by atoms with Crippen LogP contribution >= 0.6 is 0 Å². The van der Waals surface area contributed by atoms with E-state index >= 15 is 0 Å². The number of rotatable bonds is 6. The summed E-state index contributed by atoms with van der Waals surface area (Å²) in [5, 5.41) is 9.41. The van der Waals surface area contributed by atoms with Gasteiger partial charge in [0.2, 0.25) is 0 Å². The summed E-state index contributed by atoms with van der Waals surface area (Å²) in [6.07, 6.45) is 13.2. The fourth-order valence-electron chi connectivity index (χ4n) is 5.85. The van der Waals surface area contributed by atoms with E-state index in [4.69, 9.17) is 0 Å². The van der Waals surface area contributed by atoms with E-state index in [9.17, 15) is 5.11 Å². The van der Waals surface area contributed by atoms with E-state index in [1.54, 1.807) is 0 Å². The van der Waals surface area contributed by atoms with E-state index < -0.39 is 0 Å². The predicted octanol–water partition coefficient (Wildman–Crippen LogP) is 6.67. The van der Waals surface area contributed by atoms with Gasteiger partial charge in [0.25, 0.3) is 0 Å². The zero-order valence-corrected chi connectivity index (χ0v) is 16.8. The van der Waals surface area contributed by atoms with Crippen molar-refractivity contribution < 1.29 is 5.11 Å². The van der Waals surface area contributed by atoms with Crippen LogP contribution in [-0.2, 0) is 0 Å². The molecule has 2 fully saturated rings. The van der Waals surface area contributed by atoms with Gasteiger partial charge in [0.15, 0.2) is 0 Å². The van der Waals surface area contributed by atoms with Gasteiger partial charge < -0.3 is 5.11 Å². The molecule has 0 saturated heterocycles. The van der Waals surface area contributed by atoms with Crippen LogP contribution in [-0.4, -0.2) is 11.2 Å². The van der Waals surface area contributed by atoms with Crippen molar-refractivity contribution in [1.82, 2.24) is 0 Å². The van der Waals surface area contributed by atoms with E-state index in [1.807, 2.05) is 6.92 Å². The van der Waals surface area contributed by atoms with Gasteiger partial charge in [0, 0.05) is 0 Å². The SMILES string of the molecule is C=C1CC[C@@H]2C(C)(C)CCC[C@@]2(C)[C@@H]1CC/C(C)=C/CC[C@@H](C)O. The van der Waals surface area contributed by atoms with Crippen molar-refractivity contribution in [2.75, 3.05) is 0 Å². The van der Waals surface area contributed by atoms with E-state index in [2.05, 4.69) is 40.3 Å². The monoisotopic (exact) mass is 332 g/mol. The molecule has 0 radical (unpaired) electrons. The lowest BCUT2D eigenvalue weighted by Crippen LogP contribution is -2.49. The number of hydrogen-bond acceptors (Lipinski definition) is 1. The summed E-state index contributed by atoms with van der Waals surface area (Å²) in [5.74, 6) is 1.55. The molecule has 2 rings (SSSR count). The first kappa shape index (κ1) is 19.8. The Hall–Kier alpha value is -0.560.